The van der Waals surface area contributed by atoms with Crippen molar-refractivity contribution in [1.82, 2.24) is 10.2 Å². The number of rotatable bonds is 8. The number of morpholine rings is 1. The largest absolute Gasteiger partial charge is 0.373 e. The van der Waals surface area contributed by atoms with Crippen LogP contribution >= 0.6 is 0 Å². The summed E-state index contributed by atoms with van der Waals surface area (Å²) in [5.41, 5.74) is 1.05. The SMILES string of the molecule is CCN(c1ccccc1)S(=O)(=O)c1ccc(C(=O)NCCN2CC(C)OC(C)C2)cc1. The number of hydrogen-bond acceptors (Lipinski definition) is 5. The summed E-state index contributed by atoms with van der Waals surface area (Å²) in [7, 11) is -3.71. The predicted octanol–water partition coefficient (Wildman–Crippen LogP) is 2.74. The fraction of sp³-hybridized carbons (Fsp3) is 0.435. The van der Waals surface area contributed by atoms with E-state index in [2.05, 4.69) is 10.2 Å². The second kappa shape index (κ2) is 10.3. The Kier molecular flexibility index (Phi) is 7.69. The van der Waals surface area contributed by atoms with Gasteiger partial charge in [0.1, 0.15) is 0 Å². The summed E-state index contributed by atoms with van der Waals surface area (Å²) in [6.45, 7) is 9.18. The van der Waals surface area contributed by atoms with Crippen LogP contribution in [0.1, 0.15) is 31.1 Å². The van der Waals surface area contributed by atoms with Crippen molar-refractivity contribution < 1.29 is 17.9 Å². The first-order chi connectivity index (χ1) is 14.8. The Balaban J connectivity index is 1.60. The molecule has 168 valence electrons. The van der Waals surface area contributed by atoms with E-state index in [0.717, 1.165) is 19.6 Å². The molecule has 1 aliphatic rings. The van der Waals surface area contributed by atoms with Crippen LogP contribution < -0.4 is 9.62 Å². The van der Waals surface area contributed by atoms with Crippen molar-refractivity contribution in [3.05, 3.63) is 60.2 Å². The Hall–Kier alpha value is -2.42. The third kappa shape index (κ3) is 5.84. The van der Waals surface area contributed by atoms with Crippen molar-refractivity contribution in [2.75, 3.05) is 37.0 Å². The van der Waals surface area contributed by atoms with Crippen LogP contribution in [-0.4, -0.2) is 64.2 Å². The van der Waals surface area contributed by atoms with Gasteiger partial charge in [-0.25, -0.2) is 8.42 Å². The number of amides is 1. The van der Waals surface area contributed by atoms with Gasteiger partial charge in [-0.2, -0.15) is 0 Å². The van der Waals surface area contributed by atoms with Gasteiger partial charge in [0.2, 0.25) is 0 Å². The average molecular weight is 446 g/mol. The lowest BCUT2D eigenvalue weighted by atomic mass is 10.2. The monoisotopic (exact) mass is 445 g/mol. The lowest BCUT2D eigenvalue weighted by Gasteiger charge is -2.35. The molecular formula is C23H31N3O4S. The highest BCUT2D eigenvalue weighted by Gasteiger charge is 2.24. The summed E-state index contributed by atoms with van der Waals surface area (Å²) in [5, 5.41) is 2.91. The van der Waals surface area contributed by atoms with E-state index in [4.69, 9.17) is 4.74 Å². The number of ether oxygens (including phenoxy) is 1. The van der Waals surface area contributed by atoms with Crippen LogP contribution in [0, 0.1) is 0 Å². The van der Waals surface area contributed by atoms with Gasteiger partial charge in [-0.3, -0.25) is 14.0 Å². The number of carbonyl (C=O) groups excluding carboxylic acids is 1. The smallest absolute Gasteiger partial charge is 0.264 e. The van der Waals surface area contributed by atoms with E-state index < -0.39 is 10.0 Å². The van der Waals surface area contributed by atoms with Crippen molar-refractivity contribution in [2.24, 2.45) is 0 Å². The molecule has 0 bridgehead atoms. The van der Waals surface area contributed by atoms with Gasteiger partial charge in [0.05, 0.1) is 22.8 Å². The molecule has 3 rings (SSSR count). The normalized spacial score (nSPS) is 19.7. The first kappa shape index (κ1) is 23.2. The maximum atomic E-state index is 13.1. The third-order valence-electron chi connectivity index (χ3n) is 5.24. The van der Waals surface area contributed by atoms with E-state index in [0.29, 0.717) is 24.3 Å². The highest BCUT2D eigenvalue weighted by atomic mass is 32.2. The molecule has 2 aromatic rings. The zero-order chi connectivity index (χ0) is 22.4. The number of sulfonamides is 1. The van der Waals surface area contributed by atoms with Gasteiger partial charge in [-0.05, 0) is 57.2 Å². The summed E-state index contributed by atoms with van der Waals surface area (Å²) < 4.78 is 33.2. The molecule has 2 aromatic carbocycles. The predicted molar refractivity (Wildman–Crippen MR) is 122 cm³/mol. The van der Waals surface area contributed by atoms with Crippen LogP contribution in [0.4, 0.5) is 5.69 Å². The maximum Gasteiger partial charge on any atom is 0.264 e. The molecule has 1 aliphatic heterocycles. The summed E-state index contributed by atoms with van der Waals surface area (Å²) in [6, 6.07) is 15.1. The summed E-state index contributed by atoms with van der Waals surface area (Å²) in [6.07, 6.45) is 0.375. The van der Waals surface area contributed by atoms with Crippen LogP contribution in [0.5, 0.6) is 0 Å². The number of nitrogens with one attached hydrogen (secondary N) is 1. The second-order valence-corrected chi connectivity index (χ2v) is 9.66. The summed E-state index contributed by atoms with van der Waals surface area (Å²) in [5.74, 6) is -0.214. The molecule has 2 unspecified atom stereocenters. The Morgan fingerprint density at radius 1 is 1.06 bits per heavy atom. The minimum absolute atomic E-state index is 0.158. The van der Waals surface area contributed by atoms with Crippen LogP contribution in [0.25, 0.3) is 0 Å². The van der Waals surface area contributed by atoms with Crippen molar-refractivity contribution >= 4 is 21.6 Å². The molecule has 0 spiro atoms. The fourth-order valence-corrected chi connectivity index (χ4v) is 5.36. The molecule has 1 N–H and O–H groups in total. The number of nitrogens with zero attached hydrogens (tertiary/aromatic N) is 2. The first-order valence-corrected chi connectivity index (χ1v) is 12.1. The van der Waals surface area contributed by atoms with Gasteiger partial charge in [-0.15, -0.1) is 0 Å². The Labute approximate surface area is 185 Å². The molecule has 0 aromatic heterocycles. The molecule has 2 atom stereocenters. The quantitative estimate of drug-likeness (QED) is 0.676. The topological polar surface area (TPSA) is 79.0 Å². The average Bonchev–Trinajstić information content (AvgIpc) is 2.74. The van der Waals surface area contributed by atoms with E-state index in [-0.39, 0.29) is 23.0 Å². The molecule has 1 saturated heterocycles. The van der Waals surface area contributed by atoms with Gasteiger partial charge in [-0.1, -0.05) is 18.2 Å². The number of benzene rings is 2. The van der Waals surface area contributed by atoms with E-state index in [9.17, 15) is 13.2 Å². The molecule has 1 fully saturated rings. The van der Waals surface area contributed by atoms with E-state index in [1.807, 2.05) is 19.9 Å². The molecule has 1 heterocycles. The molecule has 0 radical (unpaired) electrons. The number of hydrogen-bond donors (Lipinski definition) is 1. The Morgan fingerprint density at radius 3 is 2.26 bits per heavy atom. The zero-order valence-corrected chi connectivity index (χ0v) is 19.1. The lowest BCUT2D eigenvalue weighted by Crippen LogP contribution is -2.47. The van der Waals surface area contributed by atoms with E-state index >= 15 is 0 Å². The first-order valence-electron chi connectivity index (χ1n) is 10.6. The fourth-order valence-electron chi connectivity index (χ4n) is 3.89. The van der Waals surface area contributed by atoms with E-state index in [1.54, 1.807) is 43.3 Å². The van der Waals surface area contributed by atoms with Gasteiger partial charge in [0, 0.05) is 38.3 Å². The van der Waals surface area contributed by atoms with Crippen LogP contribution in [0.3, 0.4) is 0 Å². The van der Waals surface area contributed by atoms with Crippen molar-refractivity contribution in [1.29, 1.82) is 0 Å². The highest BCUT2D eigenvalue weighted by Crippen LogP contribution is 2.23. The van der Waals surface area contributed by atoms with Gasteiger partial charge in [0.25, 0.3) is 15.9 Å². The van der Waals surface area contributed by atoms with Gasteiger partial charge in [0.15, 0.2) is 0 Å². The minimum Gasteiger partial charge on any atom is -0.373 e. The number of para-hydroxylation sites is 1. The zero-order valence-electron chi connectivity index (χ0n) is 18.3. The molecule has 31 heavy (non-hydrogen) atoms. The van der Waals surface area contributed by atoms with Crippen molar-refractivity contribution in [3.8, 4) is 0 Å². The minimum atomic E-state index is -3.71. The maximum absolute atomic E-state index is 13.1. The standard InChI is InChI=1S/C23H31N3O4S/c1-4-26(21-8-6-5-7-9-21)31(28,29)22-12-10-20(11-13-22)23(27)24-14-15-25-16-18(2)30-19(3)17-25/h5-13,18-19H,4,14-17H2,1-3H3,(H,24,27). The third-order valence-corrected chi connectivity index (χ3v) is 7.16. The van der Waals surface area contributed by atoms with E-state index in [1.165, 1.54) is 16.4 Å². The number of carbonyl (C=O) groups is 1. The Morgan fingerprint density at radius 2 is 1.68 bits per heavy atom. The van der Waals surface area contributed by atoms with Crippen molar-refractivity contribution in [3.63, 3.8) is 0 Å². The lowest BCUT2D eigenvalue weighted by molar-refractivity contribution is -0.0672. The van der Waals surface area contributed by atoms with Crippen LogP contribution in [0.15, 0.2) is 59.5 Å². The molecule has 1 amide bonds. The molecule has 0 aliphatic carbocycles. The van der Waals surface area contributed by atoms with Crippen LogP contribution in [-0.2, 0) is 14.8 Å². The van der Waals surface area contributed by atoms with Crippen molar-refractivity contribution in [2.45, 2.75) is 37.9 Å². The second-order valence-electron chi connectivity index (χ2n) is 7.80. The Bertz CT molecular complexity index is 954. The summed E-state index contributed by atoms with van der Waals surface area (Å²) in [4.78, 5) is 14.9. The van der Waals surface area contributed by atoms with Crippen LogP contribution in [0.2, 0.25) is 0 Å². The van der Waals surface area contributed by atoms with Gasteiger partial charge < -0.3 is 10.1 Å². The molecule has 8 heteroatoms. The van der Waals surface area contributed by atoms with Gasteiger partial charge >= 0.3 is 0 Å². The molecule has 0 saturated carbocycles. The molecular weight excluding hydrogens is 414 g/mol. The number of anilines is 1. The summed E-state index contributed by atoms with van der Waals surface area (Å²) >= 11 is 0. The molecule has 7 nitrogen and oxygen atoms in total. The highest BCUT2D eigenvalue weighted by molar-refractivity contribution is 7.92.